The van der Waals surface area contributed by atoms with Gasteiger partial charge in [-0.25, -0.2) is 0 Å². The molecule has 0 unspecified atom stereocenters. The third-order valence-corrected chi connectivity index (χ3v) is 4.53. The van der Waals surface area contributed by atoms with Gasteiger partial charge >= 0.3 is 0 Å². The van der Waals surface area contributed by atoms with Gasteiger partial charge in [-0.3, -0.25) is 0 Å². The Morgan fingerprint density at radius 3 is 1.81 bits per heavy atom. The minimum atomic E-state index is 0.00235. The smallest absolute Gasteiger partial charge is 0.119 e. The largest absolute Gasteiger partial charge is 0.497 e. The lowest BCUT2D eigenvalue weighted by Gasteiger charge is -2.26. The van der Waals surface area contributed by atoms with Crippen LogP contribution in [0.5, 0.6) is 11.5 Å². The average Bonchev–Trinajstić information content (AvgIpc) is 2.71. The Morgan fingerprint density at radius 2 is 1.30 bits per heavy atom. The van der Waals surface area contributed by atoms with Gasteiger partial charge in [0.2, 0.25) is 0 Å². The van der Waals surface area contributed by atoms with Crippen molar-refractivity contribution < 1.29 is 14.6 Å². The van der Waals surface area contributed by atoms with Crippen molar-refractivity contribution in [2.24, 2.45) is 0 Å². The molecule has 4 heteroatoms. The molecule has 140 valence electrons. The maximum Gasteiger partial charge on any atom is 0.119 e. The van der Waals surface area contributed by atoms with Crippen LogP contribution < -0.4 is 14.4 Å². The summed E-state index contributed by atoms with van der Waals surface area (Å²) in [5, 5.41) is 8.92. The lowest BCUT2D eigenvalue weighted by atomic mass is 10.1. The second-order valence-electron chi connectivity index (χ2n) is 6.37. The molecule has 27 heavy (non-hydrogen) atoms. The van der Waals surface area contributed by atoms with Crippen molar-refractivity contribution in [2.45, 2.75) is 13.8 Å². The van der Waals surface area contributed by atoms with E-state index in [9.17, 15) is 0 Å². The van der Waals surface area contributed by atoms with Crippen molar-refractivity contribution >= 4 is 17.1 Å². The fraction of sp³-hybridized carbons (Fsp3) is 0.217. The highest BCUT2D eigenvalue weighted by atomic mass is 16.5. The topological polar surface area (TPSA) is 41.9 Å². The van der Waals surface area contributed by atoms with E-state index in [1.54, 1.807) is 7.11 Å². The maximum absolute atomic E-state index is 8.92. The number of benzene rings is 3. The molecule has 0 radical (unpaired) electrons. The van der Waals surface area contributed by atoms with Crippen LogP contribution in [0.15, 0.2) is 66.7 Å². The molecule has 0 aromatic heterocycles. The molecule has 1 N–H and O–H groups in total. The van der Waals surface area contributed by atoms with Crippen LogP contribution in [0.3, 0.4) is 0 Å². The number of rotatable bonds is 7. The van der Waals surface area contributed by atoms with Crippen LogP contribution in [0.4, 0.5) is 17.1 Å². The Bertz CT molecular complexity index is 873. The first-order chi connectivity index (χ1) is 13.1. The van der Waals surface area contributed by atoms with Gasteiger partial charge in [0.15, 0.2) is 0 Å². The van der Waals surface area contributed by atoms with Crippen molar-refractivity contribution in [1.29, 1.82) is 0 Å². The summed E-state index contributed by atoms with van der Waals surface area (Å²) in [5.41, 5.74) is 5.67. The molecule has 0 aliphatic rings. The molecule has 0 heterocycles. The van der Waals surface area contributed by atoms with Crippen molar-refractivity contribution in [3.05, 3.63) is 77.9 Å². The van der Waals surface area contributed by atoms with Gasteiger partial charge in [-0.05, 0) is 85.6 Å². The number of nitrogens with zero attached hydrogens (tertiary/aromatic N) is 1. The second-order valence-corrected chi connectivity index (χ2v) is 6.37. The minimum Gasteiger partial charge on any atom is -0.497 e. The molecule has 0 atom stereocenters. The van der Waals surface area contributed by atoms with Crippen LogP contribution in [0.25, 0.3) is 0 Å². The van der Waals surface area contributed by atoms with E-state index in [1.165, 1.54) is 11.1 Å². The molecule has 0 aliphatic carbocycles. The number of hydrogen-bond acceptors (Lipinski definition) is 4. The van der Waals surface area contributed by atoms with Crippen LogP contribution in [-0.4, -0.2) is 25.4 Å². The van der Waals surface area contributed by atoms with Gasteiger partial charge in [0.05, 0.1) is 13.7 Å². The van der Waals surface area contributed by atoms with Gasteiger partial charge in [-0.2, -0.15) is 0 Å². The van der Waals surface area contributed by atoms with Crippen LogP contribution >= 0.6 is 0 Å². The van der Waals surface area contributed by atoms with Crippen LogP contribution in [-0.2, 0) is 0 Å². The van der Waals surface area contributed by atoms with Crippen molar-refractivity contribution in [3.63, 3.8) is 0 Å². The molecule has 3 rings (SSSR count). The quantitative estimate of drug-likeness (QED) is 0.630. The average molecular weight is 363 g/mol. The fourth-order valence-corrected chi connectivity index (χ4v) is 2.90. The number of hydrogen-bond donors (Lipinski definition) is 1. The zero-order valence-electron chi connectivity index (χ0n) is 16.0. The van der Waals surface area contributed by atoms with E-state index in [1.807, 2.05) is 48.5 Å². The van der Waals surface area contributed by atoms with E-state index >= 15 is 0 Å². The first kappa shape index (κ1) is 18.8. The van der Waals surface area contributed by atoms with Gasteiger partial charge < -0.3 is 19.5 Å². The predicted molar refractivity (Wildman–Crippen MR) is 110 cm³/mol. The molecule has 0 saturated heterocycles. The van der Waals surface area contributed by atoms with E-state index in [2.05, 4.69) is 36.9 Å². The highest BCUT2D eigenvalue weighted by Gasteiger charge is 2.13. The molecule has 0 amide bonds. The van der Waals surface area contributed by atoms with Crippen LogP contribution in [0, 0.1) is 13.8 Å². The highest BCUT2D eigenvalue weighted by Crippen LogP contribution is 2.36. The zero-order valence-corrected chi connectivity index (χ0v) is 16.0. The number of aliphatic hydroxyl groups excluding tert-OH is 1. The normalized spacial score (nSPS) is 10.5. The SMILES string of the molecule is COc1ccc(N(c2ccc(OCCO)cc2)c2ccc(C)c(C)c2)cc1. The van der Waals surface area contributed by atoms with Gasteiger partial charge in [0.25, 0.3) is 0 Å². The highest BCUT2D eigenvalue weighted by molar-refractivity contribution is 5.77. The minimum absolute atomic E-state index is 0.00235. The van der Waals surface area contributed by atoms with Crippen molar-refractivity contribution in [1.82, 2.24) is 0 Å². The summed E-state index contributed by atoms with van der Waals surface area (Å²) in [4.78, 5) is 2.20. The molecular weight excluding hydrogens is 338 g/mol. The number of anilines is 3. The molecule has 0 spiro atoms. The van der Waals surface area contributed by atoms with Crippen LogP contribution in [0.2, 0.25) is 0 Å². The van der Waals surface area contributed by atoms with Gasteiger partial charge in [-0.1, -0.05) is 6.07 Å². The first-order valence-corrected chi connectivity index (χ1v) is 8.97. The van der Waals surface area contributed by atoms with Crippen molar-refractivity contribution in [3.8, 4) is 11.5 Å². The Balaban J connectivity index is 2.01. The summed E-state index contributed by atoms with van der Waals surface area (Å²) in [6.07, 6.45) is 0. The molecular formula is C23H25NO3. The lowest BCUT2D eigenvalue weighted by Crippen LogP contribution is -2.10. The summed E-state index contributed by atoms with van der Waals surface area (Å²) in [6, 6.07) is 22.3. The molecule has 3 aromatic rings. The van der Waals surface area contributed by atoms with E-state index in [4.69, 9.17) is 14.6 Å². The Kier molecular flexibility index (Phi) is 5.99. The molecule has 0 fully saturated rings. The van der Waals surface area contributed by atoms with E-state index in [0.717, 1.165) is 28.6 Å². The third-order valence-electron chi connectivity index (χ3n) is 4.53. The lowest BCUT2D eigenvalue weighted by molar-refractivity contribution is 0.201. The Hall–Kier alpha value is -2.98. The predicted octanol–water partition coefficient (Wildman–Crippen LogP) is 5.15. The number of aliphatic hydroxyl groups is 1. The first-order valence-electron chi connectivity index (χ1n) is 8.97. The van der Waals surface area contributed by atoms with Crippen LogP contribution in [0.1, 0.15) is 11.1 Å². The summed E-state index contributed by atoms with van der Waals surface area (Å²) in [5.74, 6) is 1.56. The van der Waals surface area contributed by atoms with Gasteiger partial charge in [0, 0.05) is 17.1 Å². The van der Waals surface area contributed by atoms with E-state index < -0.39 is 0 Å². The van der Waals surface area contributed by atoms with Gasteiger partial charge in [-0.15, -0.1) is 0 Å². The third kappa shape index (κ3) is 4.41. The second kappa shape index (κ2) is 8.60. The molecule has 3 aromatic carbocycles. The Morgan fingerprint density at radius 1 is 0.741 bits per heavy atom. The summed E-state index contributed by atoms with van der Waals surface area (Å²) >= 11 is 0. The summed E-state index contributed by atoms with van der Waals surface area (Å²) in [6.45, 7) is 4.53. The zero-order chi connectivity index (χ0) is 19.2. The molecule has 4 nitrogen and oxygen atoms in total. The maximum atomic E-state index is 8.92. The Labute approximate surface area is 160 Å². The summed E-state index contributed by atoms with van der Waals surface area (Å²) in [7, 11) is 1.67. The van der Waals surface area contributed by atoms with E-state index in [0.29, 0.717) is 6.61 Å². The number of methoxy groups -OCH3 is 1. The van der Waals surface area contributed by atoms with E-state index in [-0.39, 0.29) is 6.61 Å². The van der Waals surface area contributed by atoms with Crippen molar-refractivity contribution in [2.75, 3.05) is 25.2 Å². The molecule has 0 bridgehead atoms. The molecule has 0 saturated carbocycles. The summed E-state index contributed by atoms with van der Waals surface area (Å²) < 4.78 is 10.8. The fourth-order valence-electron chi connectivity index (χ4n) is 2.90. The number of ether oxygens (including phenoxy) is 2. The monoisotopic (exact) mass is 363 g/mol. The number of aryl methyl sites for hydroxylation is 2. The standard InChI is InChI=1S/C23H25NO3/c1-17-4-5-21(16-18(17)2)24(19-6-10-22(26-3)11-7-19)20-8-12-23(13-9-20)27-15-14-25/h4-13,16,25H,14-15H2,1-3H3. The van der Waals surface area contributed by atoms with Gasteiger partial charge in [0.1, 0.15) is 18.1 Å². The molecule has 0 aliphatic heterocycles.